The Labute approximate surface area is 103 Å². The highest BCUT2D eigenvalue weighted by Crippen LogP contribution is 2.10. The number of nitrogens with one attached hydrogen (secondary N) is 1. The first kappa shape index (κ1) is 12.4. The van der Waals surface area contributed by atoms with Gasteiger partial charge in [0, 0.05) is 0 Å². The maximum atomic E-state index is 5.44. The lowest BCUT2D eigenvalue weighted by atomic mass is 10.2. The van der Waals surface area contributed by atoms with Crippen LogP contribution in [-0.2, 0) is 6.54 Å². The molecule has 2 nitrogen and oxygen atoms in total. The van der Waals surface area contributed by atoms with Crippen molar-refractivity contribution in [3.8, 4) is 0 Å². The molecule has 0 aromatic carbocycles. The van der Waals surface area contributed by atoms with Gasteiger partial charge in [0.05, 0.1) is 6.54 Å². The van der Waals surface area contributed by atoms with E-state index in [4.69, 9.17) is 4.42 Å². The van der Waals surface area contributed by atoms with Crippen LogP contribution in [0.4, 0.5) is 0 Å². The summed E-state index contributed by atoms with van der Waals surface area (Å²) in [6, 6.07) is 4.01. The van der Waals surface area contributed by atoms with E-state index in [9.17, 15) is 0 Å². The van der Waals surface area contributed by atoms with Crippen molar-refractivity contribution in [2.24, 2.45) is 5.92 Å². The summed E-state index contributed by atoms with van der Waals surface area (Å²) in [5.41, 5.74) is 0. The Bertz CT molecular complexity index is 264. The van der Waals surface area contributed by atoms with Gasteiger partial charge in [0.1, 0.15) is 5.76 Å². The van der Waals surface area contributed by atoms with Crippen LogP contribution in [0, 0.1) is 9.68 Å². The molecule has 0 amide bonds. The molecule has 1 aromatic rings. The van der Waals surface area contributed by atoms with Gasteiger partial charge in [0.2, 0.25) is 0 Å². The number of hydrogen-bond acceptors (Lipinski definition) is 3. The van der Waals surface area contributed by atoms with E-state index in [0.717, 1.165) is 28.5 Å². The predicted molar refractivity (Wildman–Crippen MR) is 70.7 cm³/mol. The molecule has 0 fully saturated rings. The molecule has 1 unspecified atom stereocenters. The van der Waals surface area contributed by atoms with E-state index >= 15 is 0 Å². The van der Waals surface area contributed by atoms with Crippen LogP contribution in [0.15, 0.2) is 16.5 Å². The fourth-order valence-corrected chi connectivity index (χ4v) is 2.38. The average molecular weight is 325 g/mol. The maximum absolute atomic E-state index is 5.44. The highest BCUT2D eigenvalue weighted by molar-refractivity contribution is 14.1. The van der Waals surface area contributed by atoms with E-state index < -0.39 is 0 Å². The summed E-state index contributed by atoms with van der Waals surface area (Å²) < 4.78 is 6.40. The van der Waals surface area contributed by atoms with Crippen molar-refractivity contribution in [1.82, 2.24) is 5.32 Å². The molecule has 0 spiro atoms. The Morgan fingerprint density at radius 3 is 2.93 bits per heavy atom. The molecule has 1 atom stereocenters. The molecule has 4 heteroatoms. The minimum Gasteiger partial charge on any atom is -0.454 e. The average Bonchev–Trinajstić information content (AvgIpc) is 2.52. The third-order valence-corrected chi connectivity index (χ3v) is 3.35. The molecule has 0 aliphatic heterocycles. The molecular formula is C10H16INOS. The number of halogens is 1. The molecule has 1 heterocycles. The Balaban J connectivity index is 2.15. The molecule has 0 radical (unpaired) electrons. The second kappa shape index (κ2) is 6.74. The van der Waals surface area contributed by atoms with E-state index in [1.54, 1.807) is 0 Å². The van der Waals surface area contributed by atoms with Gasteiger partial charge in [-0.05, 0) is 59.2 Å². The smallest absolute Gasteiger partial charge is 0.164 e. The zero-order valence-electron chi connectivity index (χ0n) is 8.55. The number of hydrogen-bond donors (Lipinski definition) is 1. The van der Waals surface area contributed by atoms with Crippen LogP contribution in [0.1, 0.15) is 12.7 Å². The first-order valence-electron chi connectivity index (χ1n) is 4.66. The molecule has 80 valence electrons. The molecular weight excluding hydrogens is 309 g/mol. The van der Waals surface area contributed by atoms with Crippen LogP contribution in [-0.4, -0.2) is 18.6 Å². The van der Waals surface area contributed by atoms with Crippen LogP contribution in [0.3, 0.4) is 0 Å². The molecule has 14 heavy (non-hydrogen) atoms. The van der Waals surface area contributed by atoms with Gasteiger partial charge in [-0.15, -0.1) is 0 Å². The molecule has 0 saturated carbocycles. The standard InChI is InChI=1S/C10H16INOS/c1-8(7-14-2)5-12-6-9-3-4-10(11)13-9/h3-4,8,12H,5-7H2,1-2H3. The summed E-state index contributed by atoms with van der Waals surface area (Å²) in [7, 11) is 0. The Hall–Kier alpha value is 0.320. The molecule has 1 aromatic heterocycles. The number of furan rings is 1. The van der Waals surface area contributed by atoms with Gasteiger partial charge in [-0.25, -0.2) is 0 Å². The van der Waals surface area contributed by atoms with Crippen molar-refractivity contribution < 1.29 is 4.42 Å². The SMILES string of the molecule is CSCC(C)CNCc1ccc(I)o1. The van der Waals surface area contributed by atoms with Gasteiger partial charge in [0.25, 0.3) is 0 Å². The predicted octanol–water partition coefficient (Wildman–Crippen LogP) is 2.97. The minimum absolute atomic E-state index is 0.721. The van der Waals surface area contributed by atoms with Gasteiger partial charge in [-0.1, -0.05) is 6.92 Å². The second-order valence-electron chi connectivity index (χ2n) is 3.40. The lowest BCUT2D eigenvalue weighted by Crippen LogP contribution is -2.21. The molecule has 1 N–H and O–H groups in total. The van der Waals surface area contributed by atoms with Crippen molar-refractivity contribution in [3.05, 3.63) is 21.7 Å². The summed E-state index contributed by atoms with van der Waals surface area (Å²) in [6.07, 6.45) is 2.14. The summed E-state index contributed by atoms with van der Waals surface area (Å²) in [5, 5.41) is 3.39. The quantitative estimate of drug-likeness (QED) is 0.814. The van der Waals surface area contributed by atoms with Crippen molar-refractivity contribution >= 4 is 34.4 Å². The van der Waals surface area contributed by atoms with Crippen LogP contribution < -0.4 is 5.32 Å². The van der Waals surface area contributed by atoms with E-state index in [1.807, 2.05) is 23.9 Å². The summed E-state index contributed by atoms with van der Waals surface area (Å²) in [4.78, 5) is 0. The van der Waals surface area contributed by atoms with Gasteiger partial charge in [-0.2, -0.15) is 11.8 Å². The van der Waals surface area contributed by atoms with Crippen molar-refractivity contribution in [1.29, 1.82) is 0 Å². The van der Waals surface area contributed by atoms with E-state index in [2.05, 4.69) is 41.1 Å². The van der Waals surface area contributed by atoms with Crippen LogP contribution in [0.25, 0.3) is 0 Å². The molecule has 1 rings (SSSR count). The second-order valence-corrected chi connectivity index (χ2v) is 5.37. The molecule has 0 aliphatic carbocycles. The van der Waals surface area contributed by atoms with Gasteiger partial charge < -0.3 is 9.73 Å². The topological polar surface area (TPSA) is 25.2 Å². The zero-order valence-corrected chi connectivity index (χ0v) is 11.5. The first-order valence-corrected chi connectivity index (χ1v) is 7.13. The molecule has 0 aliphatic rings. The fraction of sp³-hybridized carbons (Fsp3) is 0.600. The summed E-state index contributed by atoms with van der Waals surface area (Å²) in [6.45, 7) is 4.15. The van der Waals surface area contributed by atoms with Gasteiger partial charge in [-0.3, -0.25) is 0 Å². The fourth-order valence-electron chi connectivity index (χ4n) is 1.23. The van der Waals surface area contributed by atoms with E-state index in [1.165, 1.54) is 5.75 Å². The van der Waals surface area contributed by atoms with Crippen LogP contribution >= 0.6 is 34.4 Å². The lowest BCUT2D eigenvalue weighted by molar-refractivity contribution is 0.450. The zero-order chi connectivity index (χ0) is 10.4. The monoisotopic (exact) mass is 325 g/mol. The highest BCUT2D eigenvalue weighted by atomic mass is 127. The van der Waals surface area contributed by atoms with Crippen LogP contribution in [0.2, 0.25) is 0 Å². The van der Waals surface area contributed by atoms with Gasteiger partial charge >= 0.3 is 0 Å². The van der Waals surface area contributed by atoms with Crippen molar-refractivity contribution in [2.75, 3.05) is 18.6 Å². The third-order valence-electron chi connectivity index (χ3n) is 1.87. The van der Waals surface area contributed by atoms with Crippen molar-refractivity contribution in [2.45, 2.75) is 13.5 Å². The highest BCUT2D eigenvalue weighted by Gasteiger charge is 2.02. The lowest BCUT2D eigenvalue weighted by Gasteiger charge is -2.09. The summed E-state index contributed by atoms with van der Waals surface area (Å²) in [5.74, 6) is 2.95. The van der Waals surface area contributed by atoms with Crippen molar-refractivity contribution in [3.63, 3.8) is 0 Å². The third kappa shape index (κ3) is 4.70. The Morgan fingerprint density at radius 2 is 2.36 bits per heavy atom. The molecule has 0 bridgehead atoms. The largest absolute Gasteiger partial charge is 0.454 e. The number of thioether (sulfide) groups is 1. The Morgan fingerprint density at radius 1 is 1.57 bits per heavy atom. The normalized spacial score (nSPS) is 13.1. The number of rotatable bonds is 6. The van der Waals surface area contributed by atoms with E-state index in [-0.39, 0.29) is 0 Å². The molecule has 0 saturated heterocycles. The minimum atomic E-state index is 0.721. The first-order chi connectivity index (χ1) is 6.72. The van der Waals surface area contributed by atoms with Gasteiger partial charge in [0.15, 0.2) is 3.77 Å². The van der Waals surface area contributed by atoms with E-state index in [0.29, 0.717) is 0 Å². The van der Waals surface area contributed by atoms with Crippen LogP contribution in [0.5, 0.6) is 0 Å². The Kier molecular flexibility index (Phi) is 5.96. The summed E-state index contributed by atoms with van der Waals surface area (Å²) >= 11 is 4.08. The maximum Gasteiger partial charge on any atom is 0.164 e.